The summed E-state index contributed by atoms with van der Waals surface area (Å²) in [6.07, 6.45) is 1.78. The van der Waals surface area contributed by atoms with E-state index in [1.807, 2.05) is 43.3 Å². The molecule has 0 unspecified atom stereocenters. The Hall–Kier alpha value is -4.54. The molecule has 0 saturated carbocycles. The fourth-order valence-corrected chi connectivity index (χ4v) is 6.29. The minimum Gasteiger partial charge on any atom is -0.493 e. The van der Waals surface area contributed by atoms with Crippen molar-refractivity contribution in [3.63, 3.8) is 0 Å². The molecule has 4 aromatic rings. The van der Waals surface area contributed by atoms with Gasteiger partial charge in [0.2, 0.25) is 0 Å². The van der Waals surface area contributed by atoms with Gasteiger partial charge in [0, 0.05) is 10.6 Å². The molecule has 1 aliphatic rings. The van der Waals surface area contributed by atoms with Crippen LogP contribution in [0.15, 0.2) is 81.7 Å². The zero-order valence-corrected chi connectivity index (χ0v) is 27.2. The van der Waals surface area contributed by atoms with E-state index in [-0.39, 0.29) is 24.3 Å². The lowest BCUT2D eigenvalue weighted by Gasteiger charge is -2.25. The van der Waals surface area contributed by atoms with E-state index in [2.05, 4.69) is 4.99 Å². The quantitative estimate of drug-likeness (QED) is 0.200. The predicted molar refractivity (Wildman–Crippen MR) is 173 cm³/mol. The number of fused-ring (bicyclic) bond motifs is 1. The third kappa shape index (κ3) is 6.62. The monoisotopic (exact) mass is 648 g/mol. The van der Waals surface area contributed by atoms with Crippen molar-refractivity contribution in [1.29, 1.82) is 0 Å². The van der Waals surface area contributed by atoms with Crippen molar-refractivity contribution >= 4 is 35.0 Å². The van der Waals surface area contributed by atoms with Crippen LogP contribution in [0.5, 0.6) is 23.0 Å². The van der Waals surface area contributed by atoms with Gasteiger partial charge in [0.25, 0.3) is 5.56 Å². The maximum absolute atomic E-state index is 14.1. The fraction of sp³-hybridized carbons (Fsp3) is 0.265. The average molecular weight is 649 g/mol. The number of rotatable bonds is 11. The molecule has 0 bridgehead atoms. The number of hydrogen-bond donors (Lipinski definition) is 0. The molecule has 2 heterocycles. The van der Waals surface area contributed by atoms with Crippen molar-refractivity contribution in [2.75, 3.05) is 27.4 Å². The van der Waals surface area contributed by atoms with Gasteiger partial charge in [0.15, 0.2) is 27.8 Å². The highest BCUT2D eigenvalue weighted by Crippen LogP contribution is 2.36. The van der Waals surface area contributed by atoms with Crippen molar-refractivity contribution in [1.82, 2.24) is 4.57 Å². The van der Waals surface area contributed by atoms with E-state index in [0.717, 1.165) is 11.1 Å². The molecule has 0 radical (unpaired) electrons. The predicted octanol–water partition coefficient (Wildman–Crippen LogP) is 5.45. The topological polar surface area (TPSA) is 97.6 Å². The summed E-state index contributed by atoms with van der Waals surface area (Å²) in [5, 5.41) is 0.621. The Bertz CT molecular complexity index is 1950. The first-order valence-electron chi connectivity index (χ1n) is 14.3. The summed E-state index contributed by atoms with van der Waals surface area (Å²) in [5.74, 6) is 1.54. The zero-order valence-electron chi connectivity index (χ0n) is 25.6. The number of nitrogens with zero attached hydrogens (tertiary/aromatic N) is 2. The Kier molecular flexibility index (Phi) is 9.95. The van der Waals surface area contributed by atoms with Crippen molar-refractivity contribution in [3.05, 3.63) is 113 Å². The van der Waals surface area contributed by atoms with E-state index in [4.69, 9.17) is 35.3 Å². The number of thiazole rings is 1. The van der Waals surface area contributed by atoms with Gasteiger partial charge < -0.3 is 23.7 Å². The summed E-state index contributed by atoms with van der Waals surface area (Å²) in [6.45, 7) is 6.25. The molecule has 0 N–H and O–H groups in total. The van der Waals surface area contributed by atoms with Crippen LogP contribution in [0.3, 0.4) is 0 Å². The van der Waals surface area contributed by atoms with Gasteiger partial charge in [-0.3, -0.25) is 9.36 Å². The summed E-state index contributed by atoms with van der Waals surface area (Å²) >= 11 is 7.53. The number of methoxy groups -OCH3 is 2. The highest BCUT2D eigenvalue weighted by molar-refractivity contribution is 7.07. The molecule has 234 valence electrons. The zero-order chi connectivity index (χ0) is 32.1. The van der Waals surface area contributed by atoms with Crippen LogP contribution in [0, 0.1) is 0 Å². The minimum atomic E-state index is -0.790. The first-order chi connectivity index (χ1) is 21.8. The highest BCUT2D eigenvalue weighted by Gasteiger charge is 2.34. The lowest BCUT2D eigenvalue weighted by atomic mass is 9.95. The molecule has 3 aromatic carbocycles. The Morgan fingerprint density at radius 1 is 0.956 bits per heavy atom. The number of carbonyl (C=O) groups is 1. The number of benzene rings is 3. The van der Waals surface area contributed by atoms with Crippen LogP contribution in [0.1, 0.15) is 43.5 Å². The highest BCUT2D eigenvalue weighted by atomic mass is 35.5. The summed E-state index contributed by atoms with van der Waals surface area (Å²) < 4.78 is 30.2. The van der Waals surface area contributed by atoms with Gasteiger partial charge in [-0.25, -0.2) is 9.79 Å². The molecule has 0 fully saturated rings. The van der Waals surface area contributed by atoms with Gasteiger partial charge in [0.1, 0.15) is 6.61 Å². The Labute approximate surface area is 269 Å². The van der Waals surface area contributed by atoms with Crippen LogP contribution >= 0.6 is 22.9 Å². The van der Waals surface area contributed by atoms with Crippen LogP contribution in [0.25, 0.3) is 6.08 Å². The van der Waals surface area contributed by atoms with Gasteiger partial charge in [-0.1, -0.05) is 53.3 Å². The molecule has 0 saturated heterocycles. The fourth-order valence-electron chi connectivity index (χ4n) is 5.05. The number of aromatic nitrogens is 1. The molecule has 0 aliphatic carbocycles. The smallest absolute Gasteiger partial charge is 0.338 e. The number of allylic oxidation sites excluding steroid dienone is 1. The average Bonchev–Trinajstić information content (AvgIpc) is 3.34. The van der Waals surface area contributed by atoms with E-state index in [0.29, 0.717) is 55.2 Å². The normalized spacial score (nSPS) is 14.4. The summed E-state index contributed by atoms with van der Waals surface area (Å²) in [6, 6.07) is 17.5. The second-order valence-electron chi connectivity index (χ2n) is 9.94. The molecule has 9 nitrogen and oxygen atoms in total. The Morgan fingerprint density at radius 2 is 1.71 bits per heavy atom. The number of esters is 1. The largest absolute Gasteiger partial charge is 0.493 e. The molecule has 0 spiro atoms. The van der Waals surface area contributed by atoms with Crippen molar-refractivity contribution in [2.45, 2.75) is 33.4 Å². The van der Waals surface area contributed by atoms with Crippen LogP contribution in [0.2, 0.25) is 5.02 Å². The van der Waals surface area contributed by atoms with Gasteiger partial charge >= 0.3 is 5.97 Å². The van der Waals surface area contributed by atoms with E-state index in [1.165, 1.54) is 23.0 Å². The number of halogens is 1. The molecule has 1 aromatic heterocycles. The second kappa shape index (κ2) is 14.0. The van der Waals surface area contributed by atoms with Crippen LogP contribution < -0.4 is 33.8 Å². The minimum absolute atomic E-state index is 0.180. The third-order valence-corrected chi connectivity index (χ3v) is 8.50. The van der Waals surface area contributed by atoms with E-state index in [1.54, 1.807) is 51.3 Å². The summed E-state index contributed by atoms with van der Waals surface area (Å²) in [7, 11) is 3.08. The van der Waals surface area contributed by atoms with Crippen LogP contribution in [0.4, 0.5) is 0 Å². The molecule has 1 atom stereocenters. The number of ether oxygens (including phenoxy) is 5. The lowest BCUT2D eigenvalue weighted by molar-refractivity contribution is -0.139. The molecule has 11 heteroatoms. The molecule has 0 amide bonds. The van der Waals surface area contributed by atoms with Gasteiger partial charge in [-0.2, -0.15) is 0 Å². The molecule has 45 heavy (non-hydrogen) atoms. The van der Waals surface area contributed by atoms with Crippen LogP contribution in [-0.2, 0) is 16.1 Å². The molecule has 1 aliphatic heterocycles. The summed E-state index contributed by atoms with van der Waals surface area (Å²) in [5.41, 5.74) is 2.69. The second-order valence-corrected chi connectivity index (χ2v) is 11.4. The maximum atomic E-state index is 14.1. The lowest BCUT2D eigenvalue weighted by Crippen LogP contribution is -2.39. The molecule has 5 rings (SSSR count). The van der Waals surface area contributed by atoms with E-state index in [9.17, 15) is 9.59 Å². The van der Waals surface area contributed by atoms with E-state index < -0.39 is 12.0 Å². The van der Waals surface area contributed by atoms with Gasteiger partial charge in [-0.15, -0.1) is 0 Å². The molecular weight excluding hydrogens is 616 g/mol. The van der Waals surface area contributed by atoms with Crippen LogP contribution in [-0.4, -0.2) is 38.0 Å². The maximum Gasteiger partial charge on any atom is 0.338 e. The number of carbonyl (C=O) groups excluding carboxylic acids is 1. The molecular formula is C34H33ClN2O7S. The van der Waals surface area contributed by atoms with Gasteiger partial charge in [-0.05, 0) is 68.3 Å². The van der Waals surface area contributed by atoms with Crippen molar-refractivity contribution in [2.24, 2.45) is 4.99 Å². The number of hydrogen-bond acceptors (Lipinski definition) is 9. The van der Waals surface area contributed by atoms with Crippen molar-refractivity contribution < 1.29 is 28.5 Å². The van der Waals surface area contributed by atoms with E-state index >= 15 is 0 Å². The van der Waals surface area contributed by atoms with Crippen molar-refractivity contribution in [3.8, 4) is 23.0 Å². The first kappa shape index (κ1) is 31.9. The third-order valence-electron chi connectivity index (χ3n) is 7.15. The Morgan fingerprint density at radius 3 is 2.42 bits per heavy atom. The van der Waals surface area contributed by atoms with Gasteiger partial charge in [0.05, 0.1) is 49.3 Å². The SMILES string of the molecule is CCOC(=O)C1=C(C)N=c2s/c(=C\c3ccc(OCc4ccccc4Cl)c(OCC)c3)c(=O)n2[C@H]1c1ccc(OC)c(OC)c1. The Balaban J connectivity index is 1.58. The summed E-state index contributed by atoms with van der Waals surface area (Å²) in [4.78, 5) is 32.4. The first-order valence-corrected chi connectivity index (χ1v) is 15.5. The standard InChI is InChI=1S/C34H33ClN2O7S/c1-6-42-28-16-21(12-14-26(28)44-19-23-10-8-9-11-24(23)35)17-29-32(38)37-31(22-13-15-25(40-4)27(18-22)41-5)30(33(39)43-7-2)20(3)36-34(37)45-29/h8-18,31H,6-7,19H2,1-5H3/b29-17-/t31-/m0/s1.